The molecule has 1 fully saturated rings. The molecule has 0 unspecified atom stereocenters. The maximum Gasteiger partial charge on any atom is 0.263 e. The minimum Gasteiger partial charge on any atom is -0.481 e. The number of likely N-dealkylation sites (N-methyl/N-ethyl adjacent to an activating group) is 1. The highest BCUT2D eigenvalue weighted by atomic mass is 32.1. The number of para-hydroxylation sites is 1. The molecule has 2 heterocycles. The SMILES string of the molecule is C[C@H](Oc1ccccc1)C(=O)N1CCC([C@H](Cc2ccccc2F)N(C)C(=O)c2ccsc2)CC1. The van der Waals surface area contributed by atoms with Crippen molar-refractivity contribution in [3.8, 4) is 5.75 Å². The monoisotopic (exact) mass is 494 g/mol. The third kappa shape index (κ3) is 6.09. The molecule has 0 bridgehead atoms. The third-order valence-corrected chi connectivity index (χ3v) is 7.46. The number of benzene rings is 2. The second-order valence-electron chi connectivity index (χ2n) is 9.03. The normalized spacial score (nSPS) is 15.9. The topological polar surface area (TPSA) is 49.9 Å². The van der Waals surface area contributed by atoms with Crippen LogP contribution in [-0.2, 0) is 11.2 Å². The fourth-order valence-electron chi connectivity index (χ4n) is 4.76. The van der Waals surface area contributed by atoms with Gasteiger partial charge in [0.15, 0.2) is 6.10 Å². The van der Waals surface area contributed by atoms with Crippen LogP contribution in [0, 0.1) is 11.7 Å². The summed E-state index contributed by atoms with van der Waals surface area (Å²) >= 11 is 1.48. The van der Waals surface area contributed by atoms with Gasteiger partial charge >= 0.3 is 0 Å². The largest absolute Gasteiger partial charge is 0.481 e. The van der Waals surface area contributed by atoms with Gasteiger partial charge in [-0.15, -0.1) is 0 Å². The van der Waals surface area contributed by atoms with Gasteiger partial charge in [0.05, 0.1) is 5.56 Å². The molecule has 0 aliphatic carbocycles. The highest BCUT2D eigenvalue weighted by Crippen LogP contribution is 2.29. The summed E-state index contributed by atoms with van der Waals surface area (Å²) in [6.07, 6.45) is 1.34. The predicted octanol–water partition coefficient (Wildman–Crippen LogP) is 5.28. The van der Waals surface area contributed by atoms with Crippen molar-refractivity contribution in [1.29, 1.82) is 0 Å². The van der Waals surface area contributed by atoms with Gasteiger partial charge in [-0.1, -0.05) is 36.4 Å². The van der Waals surface area contributed by atoms with Crippen LogP contribution in [0.15, 0.2) is 71.4 Å². The minimum atomic E-state index is -0.578. The first-order valence-corrected chi connectivity index (χ1v) is 12.9. The van der Waals surface area contributed by atoms with E-state index < -0.39 is 6.10 Å². The van der Waals surface area contributed by atoms with Crippen LogP contribution in [0.3, 0.4) is 0 Å². The maximum atomic E-state index is 14.5. The highest BCUT2D eigenvalue weighted by Gasteiger charge is 2.34. The van der Waals surface area contributed by atoms with Gasteiger partial charge in [-0.05, 0) is 67.3 Å². The Morgan fingerprint density at radius 3 is 2.43 bits per heavy atom. The summed E-state index contributed by atoms with van der Waals surface area (Å²) < 4.78 is 20.3. The smallest absolute Gasteiger partial charge is 0.263 e. The van der Waals surface area contributed by atoms with Gasteiger partial charge in [-0.3, -0.25) is 9.59 Å². The molecule has 184 valence electrons. The molecule has 1 aliphatic heterocycles. The zero-order valence-corrected chi connectivity index (χ0v) is 20.9. The lowest BCUT2D eigenvalue weighted by atomic mass is 9.84. The molecular weight excluding hydrogens is 463 g/mol. The van der Waals surface area contributed by atoms with Crippen molar-refractivity contribution >= 4 is 23.2 Å². The molecule has 2 aromatic carbocycles. The number of piperidine rings is 1. The summed E-state index contributed by atoms with van der Waals surface area (Å²) in [5, 5.41) is 3.73. The molecule has 3 aromatic rings. The maximum absolute atomic E-state index is 14.5. The molecule has 1 saturated heterocycles. The summed E-state index contributed by atoms with van der Waals surface area (Å²) in [6, 6.07) is 17.7. The molecule has 0 saturated carbocycles. The predicted molar refractivity (Wildman–Crippen MR) is 136 cm³/mol. The van der Waals surface area contributed by atoms with Gasteiger partial charge in [-0.2, -0.15) is 11.3 Å². The number of hydrogen-bond acceptors (Lipinski definition) is 4. The number of carbonyl (C=O) groups is 2. The molecule has 0 spiro atoms. The second kappa shape index (κ2) is 11.5. The lowest BCUT2D eigenvalue weighted by molar-refractivity contribution is -0.139. The first-order chi connectivity index (χ1) is 16.9. The van der Waals surface area contributed by atoms with Gasteiger partial charge in [-0.25, -0.2) is 4.39 Å². The van der Waals surface area contributed by atoms with Crippen molar-refractivity contribution in [2.24, 2.45) is 5.92 Å². The standard InChI is InChI=1S/C28H31FN2O3S/c1-20(34-24-9-4-3-5-10-24)27(32)31-15-12-21(13-16-31)26(18-22-8-6-7-11-25(22)29)30(2)28(33)23-14-17-35-19-23/h3-11,14,17,19-21,26H,12-13,15-16,18H2,1-2H3/t20-,26-/m0/s1. The average Bonchev–Trinajstić information content (AvgIpc) is 3.43. The number of ether oxygens (including phenoxy) is 1. The minimum absolute atomic E-state index is 0.0411. The van der Waals surface area contributed by atoms with Crippen LogP contribution < -0.4 is 4.74 Å². The van der Waals surface area contributed by atoms with Crippen molar-refractivity contribution in [3.05, 3.63) is 88.4 Å². The second-order valence-corrected chi connectivity index (χ2v) is 9.81. The van der Waals surface area contributed by atoms with Crippen molar-refractivity contribution in [2.45, 2.75) is 38.3 Å². The molecular formula is C28H31FN2O3S. The van der Waals surface area contributed by atoms with E-state index in [-0.39, 0.29) is 29.6 Å². The number of rotatable bonds is 8. The van der Waals surface area contributed by atoms with Crippen molar-refractivity contribution in [1.82, 2.24) is 9.80 Å². The van der Waals surface area contributed by atoms with E-state index in [9.17, 15) is 14.0 Å². The molecule has 7 heteroatoms. The molecule has 2 amide bonds. The lowest BCUT2D eigenvalue weighted by Gasteiger charge is -2.40. The summed E-state index contributed by atoms with van der Waals surface area (Å²) in [7, 11) is 1.80. The van der Waals surface area contributed by atoms with E-state index >= 15 is 0 Å². The number of halogens is 1. The Morgan fingerprint density at radius 2 is 1.77 bits per heavy atom. The first kappa shape index (κ1) is 24.9. The van der Waals surface area contributed by atoms with E-state index in [4.69, 9.17) is 4.74 Å². The Bertz CT molecular complexity index is 1110. The molecule has 0 radical (unpaired) electrons. The fourth-order valence-corrected chi connectivity index (χ4v) is 5.39. The molecule has 2 atom stereocenters. The van der Waals surface area contributed by atoms with Crippen molar-refractivity contribution in [3.63, 3.8) is 0 Å². The van der Waals surface area contributed by atoms with Gasteiger partial charge in [0, 0.05) is 31.6 Å². The Balaban J connectivity index is 1.44. The quantitative estimate of drug-likeness (QED) is 0.428. The van der Waals surface area contributed by atoms with E-state index in [0.29, 0.717) is 36.4 Å². The summed E-state index contributed by atoms with van der Waals surface area (Å²) in [4.78, 5) is 29.8. The van der Waals surface area contributed by atoms with Crippen LogP contribution in [-0.4, -0.2) is 53.9 Å². The number of hydrogen-bond donors (Lipinski definition) is 0. The Hall–Kier alpha value is -3.19. The van der Waals surface area contributed by atoms with Crippen molar-refractivity contribution in [2.75, 3.05) is 20.1 Å². The van der Waals surface area contributed by atoms with Crippen LogP contribution >= 0.6 is 11.3 Å². The summed E-state index contributed by atoms with van der Waals surface area (Å²) in [5.74, 6) is 0.461. The van der Waals surface area contributed by atoms with Gasteiger partial charge in [0.1, 0.15) is 11.6 Å². The first-order valence-electron chi connectivity index (χ1n) is 12.0. The fraction of sp³-hybridized carbons (Fsp3) is 0.357. The van der Waals surface area contributed by atoms with Crippen LogP contribution in [0.5, 0.6) is 5.75 Å². The summed E-state index contributed by atoms with van der Waals surface area (Å²) in [5.41, 5.74) is 1.25. The number of amides is 2. The van der Waals surface area contributed by atoms with Gasteiger partial charge in [0.2, 0.25) is 0 Å². The zero-order valence-electron chi connectivity index (χ0n) is 20.1. The number of thiophene rings is 1. The van der Waals surface area contributed by atoms with Crippen LogP contribution in [0.4, 0.5) is 4.39 Å². The number of carbonyl (C=O) groups excluding carboxylic acids is 2. The molecule has 0 N–H and O–H groups in total. The third-order valence-electron chi connectivity index (χ3n) is 6.77. The van der Waals surface area contributed by atoms with Gasteiger partial charge in [0.25, 0.3) is 11.8 Å². The van der Waals surface area contributed by atoms with E-state index in [0.717, 1.165) is 12.8 Å². The van der Waals surface area contributed by atoms with Crippen molar-refractivity contribution < 1.29 is 18.7 Å². The highest BCUT2D eigenvalue weighted by molar-refractivity contribution is 7.08. The van der Waals surface area contributed by atoms with E-state index in [2.05, 4.69) is 0 Å². The molecule has 5 nitrogen and oxygen atoms in total. The van der Waals surface area contributed by atoms with Crippen LogP contribution in [0.1, 0.15) is 35.7 Å². The Kier molecular flexibility index (Phi) is 8.18. The summed E-state index contributed by atoms with van der Waals surface area (Å²) in [6.45, 7) is 2.94. The molecule has 35 heavy (non-hydrogen) atoms. The molecule has 1 aliphatic rings. The zero-order chi connectivity index (χ0) is 24.8. The van der Waals surface area contributed by atoms with E-state index in [1.807, 2.05) is 58.1 Å². The Labute approximate surface area is 210 Å². The van der Waals surface area contributed by atoms with Gasteiger partial charge < -0.3 is 14.5 Å². The van der Waals surface area contributed by atoms with Crippen LogP contribution in [0.25, 0.3) is 0 Å². The average molecular weight is 495 g/mol. The van der Waals surface area contributed by atoms with E-state index in [1.54, 1.807) is 31.0 Å². The van der Waals surface area contributed by atoms with E-state index in [1.165, 1.54) is 17.4 Å². The number of nitrogens with zero attached hydrogens (tertiary/aromatic N) is 2. The van der Waals surface area contributed by atoms with Crippen LogP contribution in [0.2, 0.25) is 0 Å². The molecule has 1 aromatic heterocycles. The number of likely N-dealkylation sites (tertiary alicyclic amines) is 1. The Morgan fingerprint density at radius 1 is 1.09 bits per heavy atom. The molecule has 4 rings (SSSR count). The lowest BCUT2D eigenvalue weighted by Crippen LogP contribution is -2.50.